The van der Waals surface area contributed by atoms with Crippen molar-refractivity contribution in [1.82, 2.24) is 4.98 Å². The van der Waals surface area contributed by atoms with E-state index in [0.717, 1.165) is 11.5 Å². The lowest BCUT2D eigenvalue weighted by atomic mass is 10.1. The average Bonchev–Trinajstić information content (AvgIpc) is 3.19. The van der Waals surface area contributed by atoms with E-state index in [4.69, 9.17) is 0 Å². The number of pyridine rings is 1. The molecule has 2 unspecified atom stereocenters. The van der Waals surface area contributed by atoms with Gasteiger partial charge in [0, 0.05) is 37.0 Å². The van der Waals surface area contributed by atoms with E-state index in [2.05, 4.69) is 45.9 Å². The molecule has 1 aromatic heterocycles. The molecule has 3 rings (SSSR count). The van der Waals surface area contributed by atoms with Crippen LogP contribution in [-0.4, -0.2) is 18.1 Å². The summed E-state index contributed by atoms with van der Waals surface area (Å²) in [6.07, 6.45) is 3.04. The smallest absolute Gasteiger partial charge is 0.127 e. The van der Waals surface area contributed by atoms with E-state index in [-0.39, 0.29) is 0 Å². The molecule has 2 atom stereocenters. The minimum absolute atomic E-state index is 0.555. The Morgan fingerprint density at radius 1 is 1.17 bits per heavy atom. The van der Waals surface area contributed by atoms with Crippen LogP contribution in [0, 0.1) is 0 Å². The molecule has 0 saturated heterocycles. The van der Waals surface area contributed by atoms with Gasteiger partial charge in [0.2, 0.25) is 0 Å². The van der Waals surface area contributed by atoms with Gasteiger partial charge in [0.1, 0.15) is 5.82 Å². The van der Waals surface area contributed by atoms with E-state index < -0.39 is 0 Å². The summed E-state index contributed by atoms with van der Waals surface area (Å²) in [5, 5.41) is 6.61. The zero-order valence-electron chi connectivity index (χ0n) is 10.4. The van der Waals surface area contributed by atoms with Gasteiger partial charge in [-0.2, -0.15) is 0 Å². The Labute approximate surface area is 107 Å². The first kappa shape index (κ1) is 11.1. The van der Waals surface area contributed by atoms with Gasteiger partial charge in [-0.3, -0.25) is 0 Å². The second kappa shape index (κ2) is 4.69. The lowest BCUT2D eigenvalue weighted by Crippen LogP contribution is -2.04. The van der Waals surface area contributed by atoms with Crippen molar-refractivity contribution < 1.29 is 0 Å². The van der Waals surface area contributed by atoms with Gasteiger partial charge in [0.05, 0.1) is 0 Å². The number of anilines is 2. The van der Waals surface area contributed by atoms with E-state index in [9.17, 15) is 0 Å². The molecule has 1 aromatic carbocycles. The molecule has 3 heteroatoms. The SMILES string of the molecule is CNc1cc(NC2CC2c2ccccc2)ccn1. The van der Waals surface area contributed by atoms with Crippen LogP contribution in [0.15, 0.2) is 48.7 Å². The molecule has 2 aromatic rings. The lowest BCUT2D eigenvalue weighted by molar-refractivity contribution is 1.04. The molecule has 0 radical (unpaired) electrons. The van der Waals surface area contributed by atoms with Crippen LogP contribution in [0.3, 0.4) is 0 Å². The second-order valence-corrected chi connectivity index (χ2v) is 4.68. The third-order valence-corrected chi connectivity index (χ3v) is 3.39. The van der Waals surface area contributed by atoms with E-state index >= 15 is 0 Å². The summed E-state index contributed by atoms with van der Waals surface area (Å²) in [6.45, 7) is 0. The van der Waals surface area contributed by atoms with E-state index in [1.807, 2.05) is 25.4 Å². The number of nitrogens with one attached hydrogen (secondary N) is 2. The van der Waals surface area contributed by atoms with Crippen LogP contribution in [0.1, 0.15) is 17.9 Å². The monoisotopic (exact) mass is 239 g/mol. The molecule has 1 heterocycles. The molecule has 2 N–H and O–H groups in total. The van der Waals surface area contributed by atoms with E-state index in [1.54, 1.807) is 0 Å². The molecule has 0 spiro atoms. The van der Waals surface area contributed by atoms with Crippen molar-refractivity contribution in [3.63, 3.8) is 0 Å². The highest BCUT2D eigenvalue weighted by Crippen LogP contribution is 2.42. The van der Waals surface area contributed by atoms with Gasteiger partial charge in [-0.25, -0.2) is 4.98 Å². The lowest BCUT2D eigenvalue weighted by Gasteiger charge is -2.07. The molecule has 18 heavy (non-hydrogen) atoms. The fourth-order valence-corrected chi connectivity index (χ4v) is 2.29. The van der Waals surface area contributed by atoms with E-state index in [0.29, 0.717) is 12.0 Å². The fraction of sp³-hybridized carbons (Fsp3) is 0.267. The van der Waals surface area contributed by atoms with E-state index in [1.165, 1.54) is 12.0 Å². The van der Waals surface area contributed by atoms with Gasteiger partial charge in [0.15, 0.2) is 0 Å². The first-order chi connectivity index (χ1) is 8.86. The largest absolute Gasteiger partial charge is 0.382 e. The van der Waals surface area contributed by atoms with Crippen LogP contribution < -0.4 is 10.6 Å². The van der Waals surface area contributed by atoms with Crippen molar-refractivity contribution >= 4 is 11.5 Å². The summed E-state index contributed by atoms with van der Waals surface area (Å²) in [4.78, 5) is 4.21. The van der Waals surface area contributed by atoms with Gasteiger partial charge in [-0.05, 0) is 18.1 Å². The molecule has 1 aliphatic carbocycles. The number of hydrogen-bond donors (Lipinski definition) is 2. The maximum absolute atomic E-state index is 4.21. The number of nitrogens with zero attached hydrogens (tertiary/aromatic N) is 1. The Morgan fingerprint density at radius 2 is 2.00 bits per heavy atom. The van der Waals surface area contributed by atoms with Gasteiger partial charge >= 0.3 is 0 Å². The zero-order chi connectivity index (χ0) is 12.4. The van der Waals surface area contributed by atoms with Crippen molar-refractivity contribution in [2.45, 2.75) is 18.4 Å². The fourth-order valence-electron chi connectivity index (χ4n) is 2.29. The molecule has 0 amide bonds. The van der Waals surface area contributed by atoms with Crippen LogP contribution in [0.25, 0.3) is 0 Å². The Hall–Kier alpha value is -2.03. The molecular weight excluding hydrogens is 222 g/mol. The third kappa shape index (κ3) is 2.30. The topological polar surface area (TPSA) is 37.0 Å². The van der Waals surface area contributed by atoms with Crippen molar-refractivity contribution in [3.05, 3.63) is 54.2 Å². The van der Waals surface area contributed by atoms with Gasteiger partial charge in [0.25, 0.3) is 0 Å². The number of aromatic nitrogens is 1. The molecular formula is C15H17N3. The number of hydrogen-bond acceptors (Lipinski definition) is 3. The Balaban J connectivity index is 1.65. The van der Waals surface area contributed by atoms with Crippen molar-refractivity contribution in [1.29, 1.82) is 0 Å². The predicted octanol–water partition coefficient (Wildman–Crippen LogP) is 3.09. The summed E-state index contributed by atoms with van der Waals surface area (Å²) in [7, 11) is 1.88. The number of rotatable bonds is 4. The minimum atomic E-state index is 0.555. The summed E-state index contributed by atoms with van der Waals surface area (Å²) >= 11 is 0. The first-order valence-corrected chi connectivity index (χ1v) is 6.32. The van der Waals surface area contributed by atoms with Gasteiger partial charge in [-0.15, -0.1) is 0 Å². The Kier molecular flexibility index (Phi) is 2.89. The van der Waals surface area contributed by atoms with Crippen LogP contribution in [0.4, 0.5) is 11.5 Å². The van der Waals surface area contributed by atoms with Gasteiger partial charge < -0.3 is 10.6 Å². The van der Waals surface area contributed by atoms with Crippen molar-refractivity contribution in [2.75, 3.05) is 17.7 Å². The first-order valence-electron chi connectivity index (χ1n) is 6.32. The molecule has 3 nitrogen and oxygen atoms in total. The number of benzene rings is 1. The molecule has 1 aliphatic rings. The molecule has 92 valence electrons. The predicted molar refractivity (Wildman–Crippen MR) is 75.0 cm³/mol. The highest BCUT2D eigenvalue weighted by Gasteiger charge is 2.38. The minimum Gasteiger partial charge on any atom is -0.382 e. The van der Waals surface area contributed by atoms with Crippen LogP contribution in [-0.2, 0) is 0 Å². The van der Waals surface area contributed by atoms with Crippen LogP contribution in [0.2, 0.25) is 0 Å². The summed E-state index contributed by atoms with van der Waals surface area (Å²) < 4.78 is 0. The maximum atomic E-state index is 4.21. The molecule has 0 bridgehead atoms. The maximum Gasteiger partial charge on any atom is 0.127 e. The highest BCUT2D eigenvalue weighted by molar-refractivity contribution is 5.53. The summed E-state index contributed by atoms with van der Waals surface area (Å²) in [5.41, 5.74) is 2.57. The summed E-state index contributed by atoms with van der Waals surface area (Å²) in [5.74, 6) is 1.55. The average molecular weight is 239 g/mol. The normalized spacial score (nSPS) is 21.4. The quantitative estimate of drug-likeness (QED) is 0.861. The van der Waals surface area contributed by atoms with Crippen molar-refractivity contribution in [2.24, 2.45) is 0 Å². The highest BCUT2D eigenvalue weighted by atomic mass is 15.0. The standard InChI is InChI=1S/C15H17N3/c1-16-15-9-12(7-8-17-15)18-14-10-13(14)11-5-3-2-4-6-11/h2-9,13-14H,10H2,1H3,(H2,16,17,18). The Morgan fingerprint density at radius 3 is 2.78 bits per heavy atom. The third-order valence-electron chi connectivity index (χ3n) is 3.39. The van der Waals surface area contributed by atoms with Crippen LogP contribution in [0.5, 0.6) is 0 Å². The molecule has 1 fully saturated rings. The Bertz CT molecular complexity index is 524. The second-order valence-electron chi connectivity index (χ2n) is 4.68. The van der Waals surface area contributed by atoms with Gasteiger partial charge in [-0.1, -0.05) is 30.3 Å². The van der Waals surface area contributed by atoms with Crippen molar-refractivity contribution in [3.8, 4) is 0 Å². The summed E-state index contributed by atoms with van der Waals surface area (Å²) in [6, 6.07) is 15.3. The zero-order valence-corrected chi connectivity index (χ0v) is 10.4. The van der Waals surface area contributed by atoms with Crippen LogP contribution >= 0.6 is 0 Å². The molecule has 0 aliphatic heterocycles. The molecule has 1 saturated carbocycles.